The number of benzene rings is 1. The molecule has 1 unspecified atom stereocenters. The van der Waals surface area contributed by atoms with Crippen LogP contribution in [0.15, 0.2) is 30.3 Å². The molecule has 1 saturated heterocycles. The van der Waals surface area contributed by atoms with Crippen LogP contribution in [-0.4, -0.2) is 51.9 Å². The van der Waals surface area contributed by atoms with Crippen molar-refractivity contribution in [3.8, 4) is 5.69 Å². The van der Waals surface area contributed by atoms with Crippen LogP contribution in [0.1, 0.15) is 5.69 Å². The molecule has 0 bridgehead atoms. The summed E-state index contributed by atoms with van der Waals surface area (Å²) in [6.07, 6.45) is 0. The van der Waals surface area contributed by atoms with Crippen LogP contribution in [0.25, 0.3) is 5.69 Å². The van der Waals surface area contributed by atoms with Crippen molar-refractivity contribution in [2.24, 2.45) is 17.8 Å². The molecule has 7 heteroatoms. The molecule has 2 aliphatic rings. The third-order valence-electron chi connectivity index (χ3n) is 5.20. The van der Waals surface area contributed by atoms with Gasteiger partial charge < -0.3 is 10.4 Å². The molecule has 0 spiro atoms. The van der Waals surface area contributed by atoms with E-state index in [-0.39, 0.29) is 18.3 Å². The van der Waals surface area contributed by atoms with Crippen molar-refractivity contribution in [3.05, 3.63) is 41.8 Å². The number of hydrogen-bond donors (Lipinski definition) is 2. The van der Waals surface area contributed by atoms with Crippen LogP contribution in [0.2, 0.25) is 0 Å². The number of carbonyl (C=O) groups excluding carboxylic acids is 1. The highest BCUT2D eigenvalue weighted by Gasteiger charge is 2.55. The molecule has 1 aliphatic carbocycles. The Kier molecular flexibility index (Phi) is 4.05. The fourth-order valence-electron chi connectivity index (χ4n) is 3.89. The molecule has 2 aromatic rings. The SMILES string of the molecule is Cc1cc(NC(=O)CN2C[C@@H]3C(CO)[C@@H]3C2)n(-c2ccc(F)cc2)n1. The second-order valence-corrected chi connectivity index (χ2v) is 6.98. The third-order valence-corrected chi connectivity index (χ3v) is 5.20. The van der Waals surface area contributed by atoms with E-state index in [1.54, 1.807) is 22.9 Å². The van der Waals surface area contributed by atoms with Crippen LogP contribution in [0.3, 0.4) is 0 Å². The number of hydrogen-bond acceptors (Lipinski definition) is 4. The summed E-state index contributed by atoms with van der Waals surface area (Å²) in [5.41, 5.74) is 1.46. The van der Waals surface area contributed by atoms with Crippen LogP contribution in [0.4, 0.5) is 10.2 Å². The quantitative estimate of drug-likeness (QED) is 0.861. The molecule has 2 heterocycles. The van der Waals surface area contributed by atoms with Gasteiger partial charge in [0.25, 0.3) is 0 Å². The van der Waals surface area contributed by atoms with Crippen LogP contribution in [0, 0.1) is 30.5 Å². The summed E-state index contributed by atoms with van der Waals surface area (Å²) >= 11 is 0. The minimum atomic E-state index is -0.313. The van der Waals surface area contributed by atoms with E-state index in [2.05, 4.69) is 15.3 Å². The van der Waals surface area contributed by atoms with E-state index in [0.29, 0.717) is 35.8 Å². The lowest BCUT2D eigenvalue weighted by Gasteiger charge is -2.18. The largest absolute Gasteiger partial charge is 0.396 e. The van der Waals surface area contributed by atoms with Gasteiger partial charge in [-0.2, -0.15) is 5.10 Å². The molecule has 1 saturated carbocycles. The van der Waals surface area contributed by atoms with E-state index < -0.39 is 0 Å². The van der Waals surface area contributed by atoms with Gasteiger partial charge in [-0.25, -0.2) is 9.07 Å². The number of aliphatic hydroxyl groups is 1. The number of aliphatic hydroxyl groups excluding tert-OH is 1. The number of likely N-dealkylation sites (tertiary alicyclic amines) is 1. The normalized spacial score (nSPS) is 25.0. The van der Waals surface area contributed by atoms with E-state index in [4.69, 9.17) is 0 Å². The zero-order valence-corrected chi connectivity index (χ0v) is 14.0. The number of fused-ring (bicyclic) bond motifs is 1. The number of nitrogens with zero attached hydrogens (tertiary/aromatic N) is 3. The van der Waals surface area contributed by atoms with Gasteiger partial charge in [-0.05, 0) is 48.9 Å². The van der Waals surface area contributed by atoms with Gasteiger partial charge in [0.2, 0.25) is 5.91 Å². The molecule has 1 aromatic carbocycles. The molecule has 4 rings (SSSR count). The molecule has 0 radical (unpaired) electrons. The molecule has 132 valence electrons. The highest BCUT2D eigenvalue weighted by atomic mass is 19.1. The van der Waals surface area contributed by atoms with Gasteiger partial charge in [0.1, 0.15) is 11.6 Å². The summed E-state index contributed by atoms with van der Waals surface area (Å²) in [4.78, 5) is 14.5. The lowest BCUT2D eigenvalue weighted by Crippen LogP contribution is -2.34. The first-order valence-electron chi connectivity index (χ1n) is 8.51. The van der Waals surface area contributed by atoms with Gasteiger partial charge in [0, 0.05) is 25.8 Å². The number of halogens is 1. The molecule has 6 nitrogen and oxygen atoms in total. The molecule has 2 N–H and O–H groups in total. The number of aromatic nitrogens is 2. The summed E-state index contributed by atoms with van der Waals surface area (Å²) in [7, 11) is 0. The number of amides is 1. The molecular weight excluding hydrogens is 323 g/mol. The predicted octanol–water partition coefficient (Wildman–Crippen LogP) is 1.43. The molecule has 25 heavy (non-hydrogen) atoms. The smallest absolute Gasteiger partial charge is 0.239 e. The van der Waals surface area contributed by atoms with Crippen LogP contribution < -0.4 is 5.32 Å². The van der Waals surface area contributed by atoms with Crippen molar-refractivity contribution in [2.45, 2.75) is 6.92 Å². The van der Waals surface area contributed by atoms with Crippen LogP contribution in [0.5, 0.6) is 0 Å². The number of aryl methyl sites for hydroxylation is 1. The van der Waals surface area contributed by atoms with E-state index in [1.165, 1.54) is 12.1 Å². The fourth-order valence-corrected chi connectivity index (χ4v) is 3.89. The van der Waals surface area contributed by atoms with Gasteiger partial charge in [-0.3, -0.25) is 9.69 Å². The lowest BCUT2D eigenvalue weighted by molar-refractivity contribution is -0.117. The summed E-state index contributed by atoms with van der Waals surface area (Å²) in [6.45, 7) is 4.18. The summed E-state index contributed by atoms with van der Waals surface area (Å²) in [5, 5.41) is 16.5. The highest BCUT2D eigenvalue weighted by molar-refractivity contribution is 5.91. The second kappa shape index (κ2) is 6.24. The van der Waals surface area contributed by atoms with Gasteiger partial charge >= 0.3 is 0 Å². The van der Waals surface area contributed by atoms with Gasteiger partial charge in [-0.15, -0.1) is 0 Å². The first-order valence-corrected chi connectivity index (χ1v) is 8.51. The fraction of sp³-hybridized carbons (Fsp3) is 0.444. The first-order chi connectivity index (χ1) is 12.0. The predicted molar refractivity (Wildman–Crippen MR) is 90.9 cm³/mol. The van der Waals surface area contributed by atoms with Crippen molar-refractivity contribution < 1.29 is 14.3 Å². The maximum Gasteiger partial charge on any atom is 0.239 e. The Bertz CT molecular complexity index is 777. The highest BCUT2D eigenvalue weighted by Crippen LogP contribution is 2.51. The Hall–Kier alpha value is -2.25. The maximum absolute atomic E-state index is 13.1. The van der Waals surface area contributed by atoms with E-state index >= 15 is 0 Å². The number of anilines is 1. The van der Waals surface area contributed by atoms with E-state index in [0.717, 1.165) is 18.8 Å². The number of rotatable bonds is 5. The van der Waals surface area contributed by atoms with Crippen molar-refractivity contribution in [2.75, 3.05) is 31.6 Å². The number of carbonyl (C=O) groups is 1. The Morgan fingerprint density at radius 2 is 2.00 bits per heavy atom. The zero-order valence-electron chi connectivity index (χ0n) is 14.0. The lowest BCUT2D eigenvalue weighted by atomic mass is 10.3. The van der Waals surface area contributed by atoms with Crippen LogP contribution >= 0.6 is 0 Å². The van der Waals surface area contributed by atoms with Crippen molar-refractivity contribution in [1.29, 1.82) is 0 Å². The summed E-state index contributed by atoms with van der Waals surface area (Å²) < 4.78 is 14.7. The number of piperidine rings is 1. The van der Waals surface area contributed by atoms with Gasteiger partial charge in [-0.1, -0.05) is 0 Å². The van der Waals surface area contributed by atoms with Crippen molar-refractivity contribution in [3.63, 3.8) is 0 Å². The molecule has 2 fully saturated rings. The standard InChI is InChI=1S/C18H21FN4O2/c1-11-6-17(23(21-11)13-4-2-12(19)3-5-13)20-18(25)9-22-7-14-15(8-22)16(14)10-24/h2-6,14-16,24H,7-10H2,1H3,(H,20,25)/t14-,15+,16?. The third kappa shape index (κ3) is 3.17. The molecule has 1 amide bonds. The second-order valence-electron chi connectivity index (χ2n) is 6.98. The Balaban J connectivity index is 1.41. The van der Waals surface area contributed by atoms with E-state index in [1.807, 2.05) is 6.92 Å². The molecule has 1 aliphatic heterocycles. The minimum absolute atomic E-state index is 0.0925. The summed E-state index contributed by atoms with van der Waals surface area (Å²) in [6, 6.07) is 7.78. The molecular formula is C18H21FN4O2. The maximum atomic E-state index is 13.1. The van der Waals surface area contributed by atoms with Gasteiger partial charge in [0.15, 0.2) is 0 Å². The van der Waals surface area contributed by atoms with E-state index in [9.17, 15) is 14.3 Å². The van der Waals surface area contributed by atoms with Crippen LogP contribution in [-0.2, 0) is 4.79 Å². The number of nitrogens with one attached hydrogen (secondary N) is 1. The minimum Gasteiger partial charge on any atom is -0.396 e. The average Bonchev–Trinajstić information content (AvgIpc) is 2.88. The average molecular weight is 344 g/mol. The Morgan fingerprint density at radius 3 is 2.64 bits per heavy atom. The molecule has 1 aromatic heterocycles. The zero-order chi connectivity index (χ0) is 17.6. The Morgan fingerprint density at radius 1 is 1.32 bits per heavy atom. The summed E-state index contributed by atoms with van der Waals surface area (Å²) in [5.74, 6) is 1.69. The van der Waals surface area contributed by atoms with Crippen molar-refractivity contribution in [1.82, 2.24) is 14.7 Å². The van der Waals surface area contributed by atoms with Gasteiger partial charge in [0.05, 0.1) is 17.9 Å². The Labute approximate surface area is 145 Å². The van der Waals surface area contributed by atoms with Crippen molar-refractivity contribution >= 4 is 11.7 Å². The topological polar surface area (TPSA) is 70.4 Å². The molecule has 3 atom stereocenters. The first kappa shape index (κ1) is 16.2. The monoisotopic (exact) mass is 344 g/mol.